The molecule has 0 radical (unpaired) electrons. The first-order chi connectivity index (χ1) is 11.6. The van der Waals surface area contributed by atoms with Crippen molar-refractivity contribution in [3.8, 4) is 0 Å². The van der Waals surface area contributed by atoms with Crippen LogP contribution in [-0.4, -0.2) is 26.6 Å². The number of rotatable bonds is 6. The fraction of sp³-hybridized carbons (Fsp3) is 0.471. The van der Waals surface area contributed by atoms with E-state index in [4.69, 9.17) is 0 Å². The molecule has 25 heavy (non-hydrogen) atoms. The Kier molecular flexibility index (Phi) is 5.86. The van der Waals surface area contributed by atoms with Crippen molar-refractivity contribution in [2.75, 3.05) is 0 Å². The van der Waals surface area contributed by atoms with E-state index in [0.717, 1.165) is 9.65 Å². The molecule has 2 aromatic rings. The van der Waals surface area contributed by atoms with Gasteiger partial charge in [0.25, 0.3) is 10.0 Å². The van der Waals surface area contributed by atoms with E-state index in [1.54, 1.807) is 24.3 Å². The van der Waals surface area contributed by atoms with Gasteiger partial charge < -0.3 is 0 Å². The van der Waals surface area contributed by atoms with Crippen LogP contribution in [0.5, 0.6) is 0 Å². The summed E-state index contributed by atoms with van der Waals surface area (Å²) in [6, 6.07) is 6.40. The zero-order valence-electron chi connectivity index (χ0n) is 15.2. The Bertz CT molecular complexity index is 850. The number of hydrogen-bond acceptors (Lipinski definition) is 4. The first-order valence-electron chi connectivity index (χ1n) is 8.10. The van der Waals surface area contributed by atoms with Gasteiger partial charge >= 0.3 is 0 Å². The average molecular weight is 384 g/mol. The van der Waals surface area contributed by atoms with Crippen molar-refractivity contribution < 1.29 is 12.6 Å². The number of hydrogen-bond donors (Lipinski definition) is 1. The minimum absolute atomic E-state index is 0.187. The van der Waals surface area contributed by atoms with E-state index in [2.05, 4.69) is 9.82 Å². The molecule has 0 aliphatic rings. The molecular formula is C17H25N3O3S2. The second-order valence-electron chi connectivity index (χ2n) is 6.92. The Morgan fingerprint density at radius 1 is 1.24 bits per heavy atom. The van der Waals surface area contributed by atoms with Crippen molar-refractivity contribution >= 4 is 21.0 Å². The summed E-state index contributed by atoms with van der Waals surface area (Å²) in [5, 5.41) is 4.01. The van der Waals surface area contributed by atoms with Gasteiger partial charge in [-0.3, -0.25) is 0 Å². The van der Waals surface area contributed by atoms with Gasteiger partial charge in [0.1, 0.15) is 0 Å². The molecule has 0 bridgehead atoms. The fourth-order valence-electron chi connectivity index (χ4n) is 2.14. The predicted molar refractivity (Wildman–Crippen MR) is 100 cm³/mol. The van der Waals surface area contributed by atoms with E-state index in [1.165, 1.54) is 12.4 Å². The van der Waals surface area contributed by atoms with Crippen LogP contribution in [0.3, 0.4) is 0 Å². The highest BCUT2D eigenvalue weighted by atomic mass is 32.2. The Labute approximate surface area is 152 Å². The molecule has 2 rings (SSSR count). The number of benzene rings is 1. The topological polar surface area (TPSA) is 81.1 Å². The van der Waals surface area contributed by atoms with Crippen molar-refractivity contribution in [1.82, 2.24) is 13.9 Å². The van der Waals surface area contributed by atoms with E-state index in [0.29, 0.717) is 12.0 Å². The Morgan fingerprint density at radius 2 is 1.84 bits per heavy atom. The maximum Gasteiger partial charge on any atom is 0.282 e. The summed E-state index contributed by atoms with van der Waals surface area (Å²) in [6.07, 6.45) is 3.65. The predicted octanol–water partition coefficient (Wildman–Crippen LogP) is 2.93. The van der Waals surface area contributed by atoms with Gasteiger partial charge in [0.05, 0.1) is 26.8 Å². The van der Waals surface area contributed by atoms with Crippen LogP contribution < -0.4 is 4.72 Å². The third-order valence-corrected chi connectivity index (χ3v) is 6.93. The summed E-state index contributed by atoms with van der Waals surface area (Å²) in [4.78, 5) is 0.187. The molecule has 0 spiro atoms. The summed E-state index contributed by atoms with van der Waals surface area (Å²) >= 11 is 0. The molecule has 1 unspecified atom stereocenters. The first kappa shape index (κ1) is 19.8. The highest BCUT2D eigenvalue weighted by molar-refractivity contribution is 7.89. The SMILES string of the molecule is CCC(N[S@@](=O)C(C)(C)C)c1cnn(S(=O)(=O)c2ccc(C)cc2)c1. The van der Waals surface area contributed by atoms with Crippen LogP contribution in [0.1, 0.15) is 51.3 Å². The third-order valence-electron chi connectivity index (χ3n) is 3.76. The lowest BCUT2D eigenvalue weighted by Gasteiger charge is -2.22. The van der Waals surface area contributed by atoms with E-state index in [1.807, 2.05) is 34.6 Å². The Balaban J connectivity index is 2.28. The molecule has 0 amide bonds. The van der Waals surface area contributed by atoms with Crippen molar-refractivity contribution in [3.63, 3.8) is 0 Å². The van der Waals surface area contributed by atoms with Crippen LogP contribution in [0.25, 0.3) is 0 Å². The molecule has 6 nitrogen and oxygen atoms in total. The minimum Gasteiger partial charge on any atom is -0.242 e. The number of aryl methyl sites for hydroxylation is 1. The quantitative estimate of drug-likeness (QED) is 0.831. The zero-order valence-corrected chi connectivity index (χ0v) is 16.8. The number of nitrogens with zero attached hydrogens (tertiary/aromatic N) is 2. The van der Waals surface area contributed by atoms with Gasteiger partial charge in [-0.25, -0.2) is 8.93 Å². The minimum atomic E-state index is -3.73. The van der Waals surface area contributed by atoms with E-state index in [9.17, 15) is 12.6 Å². The number of aromatic nitrogens is 2. The molecule has 138 valence electrons. The summed E-state index contributed by atoms with van der Waals surface area (Å²) in [5.41, 5.74) is 1.68. The van der Waals surface area contributed by atoms with Crippen LogP contribution in [0.2, 0.25) is 0 Å². The highest BCUT2D eigenvalue weighted by Gasteiger charge is 2.25. The summed E-state index contributed by atoms with van der Waals surface area (Å²) in [5.74, 6) is 0. The largest absolute Gasteiger partial charge is 0.282 e. The van der Waals surface area contributed by atoms with Crippen molar-refractivity contribution in [1.29, 1.82) is 0 Å². The van der Waals surface area contributed by atoms with Gasteiger partial charge in [-0.1, -0.05) is 24.6 Å². The lowest BCUT2D eigenvalue weighted by molar-refractivity contribution is 0.579. The monoisotopic (exact) mass is 383 g/mol. The number of nitrogens with one attached hydrogen (secondary N) is 1. The van der Waals surface area contributed by atoms with Crippen LogP contribution in [0.15, 0.2) is 41.6 Å². The Morgan fingerprint density at radius 3 is 2.36 bits per heavy atom. The third kappa shape index (κ3) is 4.56. The van der Waals surface area contributed by atoms with Crippen LogP contribution >= 0.6 is 0 Å². The van der Waals surface area contributed by atoms with Gasteiger partial charge in [0, 0.05) is 17.8 Å². The fourth-order valence-corrected chi connectivity index (χ4v) is 4.18. The van der Waals surface area contributed by atoms with Crippen LogP contribution in [0.4, 0.5) is 0 Å². The van der Waals surface area contributed by atoms with Crippen molar-refractivity contribution in [2.24, 2.45) is 0 Å². The molecule has 8 heteroatoms. The molecular weight excluding hydrogens is 358 g/mol. The van der Waals surface area contributed by atoms with Crippen molar-refractivity contribution in [2.45, 2.75) is 56.7 Å². The molecule has 0 fully saturated rings. The molecule has 0 saturated heterocycles. The maximum absolute atomic E-state index is 12.7. The molecule has 1 N–H and O–H groups in total. The van der Waals surface area contributed by atoms with E-state index >= 15 is 0 Å². The smallest absolute Gasteiger partial charge is 0.242 e. The Hall–Kier alpha value is -1.51. The van der Waals surface area contributed by atoms with Gasteiger partial charge in [0.2, 0.25) is 0 Å². The molecule has 0 saturated carbocycles. The van der Waals surface area contributed by atoms with Crippen LogP contribution in [-0.2, 0) is 21.0 Å². The van der Waals surface area contributed by atoms with Gasteiger partial charge in [-0.2, -0.15) is 17.6 Å². The van der Waals surface area contributed by atoms with Gasteiger partial charge in [-0.05, 0) is 46.2 Å². The molecule has 0 aliphatic carbocycles. The van der Waals surface area contributed by atoms with E-state index < -0.39 is 25.8 Å². The molecule has 1 aromatic carbocycles. The maximum atomic E-state index is 12.7. The lowest BCUT2D eigenvalue weighted by Crippen LogP contribution is -2.35. The molecule has 0 aliphatic heterocycles. The average Bonchev–Trinajstić information content (AvgIpc) is 3.02. The van der Waals surface area contributed by atoms with Gasteiger partial charge in [-0.15, -0.1) is 0 Å². The zero-order chi connectivity index (χ0) is 18.8. The second-order valence-corrected chi connectivity index (χ2v) is 10.7. The highest BCUT2D eigenvalue weighted by Crippen LogP contribution is 2.22. The standard InChI is InChI=1S/C17H25N3O3S2/c1-6-16(19-24(21)17(3,4)5)14-11-18-20(12-14)25(22,23)15-9-7-13(2)8-10-15/h7-12,16,19H,6H2,1-5H3/t16?,24-/m0/s1. The van der Waals surface area contributed by atoms with Crippen LogP contribution in [0, 0.1) is 6.92 Å². The second kappa shape index (κ2) is 7.39. The molecule has 1 heterocycles. The van der Waals surface area contributed by atoms with Crippen molar-refractivity contribution in [3.05, 3.63) is 47.8 Å². The molecule has 1 aromatic heterocycles. The van der Waals surface area contributed by atoms with Gasteiger partial charge in [0.15, 0.2) is 0 Å². The first-order valence-corrected chi connectivity index (χ1v) is 10.7. The summed E-state index contributed by atoms with van der Waals surface area (Å²) in [7, 11) is -4.99. The lowest BCUT2D eigenvalue weighted by atomic mass is 10.1. The summed E-state index contributed by atoms with van der Waals surface area (Å²) < 4.78 is 41.3. The normalized spacial score (nSPS) is 15.1. The summed E-state index contributed by atoms with van der Waals surface area (Å²) in [6.45, 7) is 9.49. The van der Waals surface area contributed by atoms with E-state index in [-0.39, 0.29) is 10.9 Å². The molecule has 2 atom stereocenters.